The standard InChI is InChI=1S/C18H27N3O6S2/c22-18(20-10-2-1-3-11-20)8-9-19-28(23,24)16-4-6-17(7-5-16)29(25,26)21-12-14-27-15-13-21/h4-7,19H,1-3,8-15H2. The van der Waals surface area contributed by atoms with Crippen LogP contribution in [0.5, 0.6) is 0 Å². The van der Waals surface area contributed by atoms with E-state index < -0.39 is 20.0 Å². The van der Waals surface area contributed by atoms with E-state index in [2.05, 4.69) is 4.72 Å². The highest BCUT2D eigenvalue weighted by atomic mass is 32.2. The van der Waals surface area contributed by atoms with E-state index in [-0.39, 0.29) is 41.8 Å². The van der Waals surface area contributed by atoms with Crippen LogP contribution in [-0.4, -0.2) is 77.9 Å². The first-order chi connectivity index (χ1) is 13.8. The van der Waals surface area contributed by atoms with Crippen LogP contribution in [0.25, 0.3) is 0 Å². The summed E-state index contributed by atoms with van der Waals surface area (Å²) in [4.78, 5) is 13.9. The van der Waals surface area contributed by atoms with Crippen LogP contribution in [0.15, 0.2) is 34.1 Å². The third-order valence-corrected chi connectivity index (χ3v) is 8.47. The Bertz CT molecular complexity index is 903. The molecule has 2 heterocycles. The van der Waals surface area contributed by atoms with Crippen LogP contribution in [0, 0.1) is 0 Å². The van der Waals surface area contributed by atoms with Gasteiger partial charge in [-0.15, -0.1) is 0 Å². The van der Waals surface area contributed by atoms with E-state index in [4.69, 9.17) is 4.74 Å². The van der Waals surface area contributed by atoms with Crippen LogP contribution in [-0.2, 0) is 29.6 Å². The molecule has 0 bridgehead atoms. The van der Waals surface area contributed by atoms with Crippen molar-refractivity contribution in [3.8, 4) is 0 Å². The van der Waals surface area contributed by atoms with Gasteiger partial charge in [-0.1, -0.05) is 0 Å². The van der Waals surface area contributed by atoms with Gasteiger partial charge in [0, 0.05) is 39.1 Å². The smallest absolute Gasteiger partial charge is 0.243 e. The Balaban J connectivity index is 1.58. The molecule has 0 atom stereocenters. The first-order valence-electron chi connectivity index (χ1n) is 9.76. The van der Waals surface area contributed by atoms with Crippen molar-refractivity contribution in [2.24, 2.45) is 0 Å². The molecule has 162 valence electrons. The van der Waals surface area contributed by atoms with Crippen LogP contribution in [0.1, 0.15) is 25.7 Å². The molecule has 9 nitrogen and oxygen atoms in total. The summed E-state index contributed by atoms with van der Waals surface area (Å²) < 4.78 is 59.0. The Hall–Kier alpha value is -1.53. The van der Waals surface area contributed by atoms with E-state index in [9.17, 15) is 21.6 Å². The van der Waals surface area contributed by atoms with Crippen molar-refractivity contribution in [2.45, 2.75) is 35.5 Å². The van der Waals surface area contributed by atoms with Crippen molar-refractivity contribution in [1.29, 1.82) is 0 Å². The number of morpholine rings is 1. The number of carbonyl (C=O) groups is 1. The summed E-state index contributed by atoms with van der Waals surface area (Å²) in [7, 11) is -7.50. The molecule has 2 aliphatic rings. The van der Waals surface area contributed by atoms with Gasteiger partial charge in [0.1, 0.15) is 0 Å². The molecule has 29 heavy (non-hydrogen) atoms. The van der Waals surface area contributed by atoms with Gasteiger partial charge in [-0.2, -0.15) is 4.31 Å². The Morgan fingerprint density at radius 2 is 1.48 bits per heavy atom. The predicted molar refractivity (Wildman–Crippen MR) is 106 cm³/mol. The van der Waals surface area contributed by atoms with E-state index in [0.717, 1.165) is 32.4 Å². The van der Waals surface area contributed by atoms with Crippen molar-refractivity contribution in [3.05, 3.63) is 24.3 Å². The Morgan fingerprint density at radius 1 is 0.897 bits per heavy atom. The fraction of sp³-hybridized carbons (Fsp3) is 0.611. The number of hydrogen-bond donors (Lipinski definition) is 1. The maximum atomic E-state index is 12.6. The molecular formula is C18H27N3O6S2. The summed E-state index contributed by atoms with van der Waals surface area (Å²) in [5.41, 5.74) is 0. The van der Waals surface area contributed by atoms with Gasteiger partial charge in [-0.25, -0.2) is 21.6 Å². The molecule has 3 rings (SSSR count). The molecule has 2 saturated heterocycles. The average molecular weight is 446 g/mol. The summed E-state index contributed by atoms with van der Waals surface area (Å²) >= 11 is 0. The quantitative estimate of drug-likeness (QED) is 0.650. The number of ether oxygens (including phenoxy) is 1. The summed E-state index contributed by atoms with van der Waals surface area (Å²) in [6, 6.07) is 5.11. The van der Waals surface area contributed by atoms with E-state index in [1.54, 1.807) is 4.90 Å². The Kier molecular flexibility index (Phi) is 7.28. The molecule has 2 aliphatic heterocycles. The second kappa shape index (κ2) is 9.52. The normalized spacial score (nSPS) is 19.2. The van der Waals surface area contributed by atoms with Crippen molar-refractivity contribution in [1.82, 2.24) is 13.9 Å². The van der Waals surface area contributed by atoms with Gasteiger partial charge in [0.05, 0.1) is 23.0 Å². The van der Waals surface area contributed by atoms with Crippen LogP contribution in [0.4, 0.5) is 0 Å². The number of nitrogens with zero attached hydrogens (tertiary/aromatic N) is 2. The fourth-order valence-corrected chi connectivity index (χ4v) is 5.84. The zero-order chi connectivity index (χ0) is 20.9. The molecule has 0 aromatic heterocycles. The number of amides is 1. The zero-order valence-electron chi connectivity index (χ0n) is 16.2. The SMILES string of the molecule is O=C(CCNS(=O)(=O)c1ccc(S(=O)(=O)N2CCOCC2)cc1)N1CCCCC1. The monoisotopic (exact) mass is 445 g/mol. The van der Waals surface area contributed by atoms with E-state index in [1.165, 1.54) is 28.6 Å². The van der Waals surface area contributed by atoms with Crippen molar-refractivity contribution in [2.75, 3.05) is 45.9 Å². The minimum atomic E-state index is -3.82. The Labute approximate surface area is 172 Å². The molecule has 0 aliphatic carbocycles. The van der Waals surface area contributed by atoms with Gasteiger partial charge < -0.3 is 9.64 Å². The van der Waals surface area contributed by atoms with Gasteiger partial charge in [0.15, 0.2) is 0 Å². The molecule has 1 N–H and O–H groups in total. The molecule has 0 spiro atoms. The lowest BCUT2D eigenvalue weighted by Gasteiger charge is -2.26. The van der Waals surface area contributed by atoms with Gasteiger partial charge in [-0.3, -0.25) is 4.79 Å². The predicted octanol–water partition coefficient (Wildman–Crippen LogP) is 0.388. The number of carbonyl (C=O) groups excluding carboxylic acids is 1. The van der Waals surface area contributed by atoms with Crippen molar-refractivity contribution < 1.29 is 26.4 Å². The molecular weight excluding hydrogens is 418 g/mol. The van der Waals surface area contributed by atoms with E-state index in [0.29, 0.717) is 13.2 Å². The van der Waals surface area contributed by atoms with Crippen molar-refractivity contribution >= 4 is 26.0 Å². The third-order valence-electron chi connectivity index (χ3n) is 5.08. The fourth-order valence-electron chi connectivity index (χ4n) is 3.40. The number of sulfonamides is 2. The summed E-state index contributed by atoms with van der Waals surface area (Å²) in [5.74, 6) is -0.0562. The highest BCUT2D eigenvalue weighted by molar-refractivity contribution is 7.89. The van der Waals surface area contributed by atoms with Crippen molar-refractivity contribution in [3.63, 3.8) is 0 Å². The number of likely N-dealkylation sites (tertiary alicyclic amines) is 1. The number of rotatable bonds is 7. The minimum Gasteiger partial charge on any atom is -0.379 e. The topological polar surface area (TPSA) is 113 Å². The lowest BCUT2D eigenvalue weighted by Crippen LogP contribution is -2.40. The van der Waals surface area contributed by atoms with Gasteiger partial charge in [0.2, 0.25) is 26.0 Å². The van der Waals surface area contributed by atoms with Crippen LogP contribution in [0.2, 0.25) is 0 Å². The number of piperidine rings is 1. The summed E-state index contributed by atoms with van der Waals surface area (Å²) in [6.45, 7) is 2.68. The van der Waals surface area contributed by atoms with Gasteiger partial charge in [-0.05, 0) is 43.5 Å². The maximum Gasteiger partial charge on any atom is 0.243 e. The van der Waals surface area contributed by atoms with Gasteiger partial charge >= 0.3 is 0 Å². The lowest BCUT2D eigenvalue weighted by atomic mass is 10.1. The van der Waals surface area contributed by atoms with Crippen LogP contribution >= 0.6 is 0 Å². The highest BCUT2D eigenvalue weighted by Gasteiger charge is 2.27. The highest BCUT2D eigenvalue weighted by Crippen LogP contribution is 2.19. The molecule has 0 saturated carbocycles. The molecule has 0 radical (unpaired) electrons. The number of nitrogens with one attached hydrogen (secondary N) is 1. The first kappa shape index (κ1) is 22.2. The van der Waals surface area contributed by atoms with Gasteiger partial charge in [0.25, 0.3) is 0 Å². The number of benzene rings is 1. The molecule has 1 amide bonds. The molecule has 1 aromatic carbocycles. The summed E-state index contributed by atoms with van der Waals surface area (Å²) in [5, 5.41) is 0. The maximum absolute atomic E-state index is 12.6. The molecule has 1 aromatic rings. The van der Waals surface area contributed by atoms with Crippen LogP contribution in [0.3, 0.4) is 0 Å². The largest absolute Gasteiger partial charge is 0.379 e. The first-order valence-corrected chi connectivity index (χ1v) is 12.7. The van der Waals surface area contributed by atoms with E-state index in [1.807, 2.05) is 0 Å². The second-order valence-electron chi connectivity index (χ2n) is 7.08. The lowest BCUT2D eigenvalue weighted by molar-refractivity contribution is -0.131. The van der Waals surface area contributed by atoms with Crippen LogP contribution < -0.4 is 4.72 Å². The molecule has 11 heteroatoms. The minimum absolute atomic E-state index is 0.00545. The summed E-state index contributed by atoms with van der Waals surface area (Å²) in [6.07, 6.45) is 3.19. The zero-order valence-corrected chi connectivity index (χ0v) is 17.9. The Morgan fingerprint density at radius 3 is 2.10 bits per heavy atom. The van der Waals surface area contributed by atoms with E-state index >= 15 is 0 Å². The molecule has 0 unspecified atom stereocenters. The molecule has 2 fully saturated rings. The number of hydrogen-bond acceptors (Lipinski definition) is 6. The second-order valence-corrected chi connectivity index (χ2v) is 10.8. The third kappa shape index (κ3) is 5.54. The average Bonchev–Trinajstić information content (AvgIpc) is 2.75.